The SMILES string of the molecule is COc1cc(CCCN2CCOCC2)ccc1-c1ccc(C(=O)NS(=O)(=O)c2ccc(NCS(=O)(=O)c3cccc(N)c3)c([N+](=O)[O-])c2)cc1. The summed E-state index contributed by atoms with van der Waals surface area (Å²) in [4.78, 5) is 25.7. The van der Waals surface area contributed by atoms with Crippen molar-refractivity contribution < 1.29 is 36.0 Å². The van der Waals surface area contributed by atoms with Crippen LogP contribution >= 0.6 is 0 Å². The Morgan fingerprint density at radius 3 is 2.38 bits per heavy atom. The summed E-state index contributed by atoms with van der Waals surface area (Å²) in [5, 5.41) is 14.3. The smallest absolute Gasteiger partial charge is 0.293 e. The number of amides is 1. The van der Waals surface area contributed by atoms with Crippen LogP contribution in [0.2, 0.25) is 0 Å². The highest BCUT2D eigenvalue weighted by Crippen LogP contribution is 2.32. The summed E-state index contributed by atoms with van der Waals surface area (Å²) in [6.07, 6.45) is 1.88. The van der Waals surface area contributed by atoms with Crippen LogP contribution in [0.5, 0.6) is 5.75 Å². The lowest BCUT2D eigenvalue weighted by Crippen LogP contribution is -2.36. The van der Waals surface area contributed by atoms with Gasteiger partial charge in [-0.25, -0.2) is 21.6 Å². The molecule has 0 spiro atoms. The predicted octanol–water partition coefficient (Wildman–Crippen LogP) is 4.08. The molecular weight excluding hydrogens is 687 g/mol. The van der Waals surface area contributed by atoms with Crippen LogP contribution in [0.15, 0.2) is 94.7 Å². The molecule has 1 saturated heterocycles. The molecule has 0 unspecified atom stereocenters. The highest BCUT2D eigenvalue weighted by atomic mass is 32.2. The Bertz CT molecular complexity index is 2080. The quantitative estimate of drug-likeness (QED) is 0.0958. The summed E-state index contributed by atoms with van der Waals surface area (Å²) in [6, 6.07) is 20.6. The maximum absolute atomic E-state index is 13.1. The lowest BCUT2D eigenvalue weighted by atomic mass is 9.99. The minimum absolute atomic E-state index is 0.0376. The summed E-state index contributed by atoms with van der Waals surface area (Å²) in [5.41, 5.74) is 7.66. The van der Waals surface area contributed by atoms with Gasteiger partial charge in [0.05, 0.1) is 35.0 Å². The summed E-state index contributed by atoms with van der Waals surface area (Å²) in [6.45, 7) is 4.40. The van der Waals surface area contributed by atoms with E-state index in [1.54, 1.807) is 19.2 Å². The van der Waals surface area contributed by atoms with Gasteiger partial charge in [-0.2, -0.15) is 0 Å². The molecule has 1 amide bonds. The number of anilines is 2. The molecule has 4 aromatic carbocycles. The number of nitrogen functional groups attached to an aromatic ring is 1. The number of hydrogen-bond donors (Lipinski definition) is 3. The van der Waals surface area contributed by atoms with Crippen LogP contribution < -0.4 is 20.5 Å². The van der Waals surface area contributed by atoms with Gasteiger partial charge in [0.25, 0.3) is 21.6 Å². The molecule has 14 nitrogen and oxygen atoms in total. The number of nitrogens with zero attached hydrogens (tertiary/aromatic N) is 2. The van der Waals surface area contributed by atoms with Gasteiger partial charge < -0.3 is 20.5 Å². The van der Waals surface area contributed by atoms with Gasteiger partial charge in [-0.15, -0.1) is 0 Å². The minimum Gasteiger partial charge on any atom is -0.496 e. The molecule has 1 heterocycles. The molecule has 16 heteroatoms. The Hall–Kier alpha value is -5.03. The van der Waals surface area contributed by atoms with E-state index in [-0.39, 0.29) is 21.8 Å². The van der Waals surface area contributed by atoms with Gasteiger partial charge in [0, 0.05) is 36.0 Å². The third kappa shape index (κ3) is 8.95. The van der Waals surface area contributed by atoms with Crippen molar-refractivity contribution >= 4 is 42.8 Å². The van der Waals surface area contributed by atoms with Crippen molar-refractivity contribution in [2.24, 2.45) is 0 Å². The van der Waals surface area contributed by atoms with Gasteiger partial charge in [-0.05, 0) is 79.0 Å². The summed E-state index contributed by atoms with van der Waals surface area (Å²) < 4.78 is 64.6. The van der Waals surface area contributed by atoms with Gasteiger partial charge in [0.15, 0.2) is 9.84 Å². The molecule has 1 aliphatic heterocycles. The zero-order valence-electron chi connectivity index (χ0n) is 27.2. The number of carbonyl (C=O) groups excluding carboxylic acids is 1. The van der Waals surface area contributed by atoms with Gasteiger partial charge in [0.2, 0.25) is 0 Å². The van der Waals surface area contributed by atoms with Crippen LogP contribution in [-0.4, -0.2) is 78.4 Å². The van der Waals surface area contributed by atoms with Crippen molar-refractivity contribution in [3.8, 4) is 16.9 Å². The lowest BCUT2D eigenvalue weighted by Gasteiger charge is -2.26. The van der Waals surface area contributed by atoms with Gasteiger partial charge in [-0.3, -0.25) is 19.8 Å². The number of benzene rings is 4. The highest BCUT2D eigenvalue weighted by molar-refractivity contribution is 7.91. The average Bonchev–Trinajstić information content (AvgIpc) is 3.11. The molecule has 1 aliphatic rings. The fourth-order valence-corrected chi connectivity index (χ4v) is 7.55. The fraction of sp³-hybridized carbons (Fsp3) is 0.265. The van der Waals surface area contributed by atoms with E-state index in [0.717, 1.165) is 80.6 Å². The number of hydrogen-bond acceptors (Lipinski definition) is 12. The normalized spacial score (nSPS) is 13.8. The lowest BCUT2D eigenvalue weighted by molar-refractivity contribution is -0.384. The van der Waals surface area contributed by atoms with Crippen molar-refractivity contribution in [2.75, 3.05) is 56.9 Å². The third-order valence-corrected chi connectivity index (χ3v) is 11.0. The monoisotopic (exact) mass is 723 g/mol. The van der Waals surface area contributed by atoms with Crippen LogP contribution in [0, 0.1) is 10.1 Å². The molecular formula is C34H37N5O9S2. The number of sulfone groups is 1. The van der Waals surface area contributed by atoms with Crippen LogP contribution in [-0.2, 0) is 31.0 Å². The van der Waals surface area contributed by atoms with Gasteiger partial charge in [0.1, 0.15) is 17.3 Å². The second-order valence-corrected chi connectivity index (χ2v) is 15.2. The number of ether oxygens (including phenoxy) is 2. The van der Waals surface area contributed by atoms with Crippen molar-refractivity contribution in [3.05, 3.63) is 106 Å². The summed E-state index contributed by atoms with van der Waals surface area (Å²) in [7, 11) is -6.92. The number of nitrogens with two attached hydrogens (primary N) is 1. The zero-order chi connectivity index (χ0) is 35.9. The molecule has 0 atom stereocenters. The first-order valence-electron chi connectivity index (χ1n) is 15.6. The van der Waals surface area contributed by atoms with Crippen LogP contribution in [0.3, 0.4) is 0 Å². The first-order chi connectivity index (χ1) is 23.9. The average molecular weight is 724 g/mol. The largest absolute Gasteiger partial charge is 0.496 e. The molecule has 4 N–H and O–H groups in total. The maximum Gasteiger partial charge on any atom is 0.293 e. The number of sulfonamides is 1. The predicted molar refractivity (Wildman–Crippen MR) is 188 cm³/mol. The number of carbonyl (C=O) groups is 1. The van der Waals surface area contributed by atoms with Crippen LogP contribution in [0.1, 0.15) is 22.3 Å². The van der Waals surface area contributed by atoms with E-state index in [4.69, 9.17) is 15.2 Å². The number of nitro groups is 1. The Balaban J connectivity index is 1.24. The van der Waals surface area contributed by atoms with E-state index < -0.39 is 47.2 Å². The molecule has 0 aromatic heterocycles. The number of nitro benzene ring substituents is 1. The molecule has 0 radical (unpaired) electrons. The topological polar surface area (TPSA) is 200 Å². The molecule has 0 aliphatic carbocycles. The zero-order valence-corrected chi connectivity index (χ0v) is 28.8. The molecule has 50 heavy (non-hydrogen) atoms. The van der Waals surface area contributed by atoms with E-state index in [2.05, 4.69) is 10.2 Å². The third-order valence-electron chi connectivity index (χ3n) is 8.14. The molecule has 0 bridgehead atoms. The maximum atomic E-state index is 13.1. The second-order valence-electron chi connectivity index (χ2n) is 11.5. The molecule has 5 rings (SSSR count). The van der Waals surface area contributed by atoms with E-state index >= 15 is 0 Å². The number of aryl methyl sites for hydroxylation is 1. The standard InChI is InChI=1S/C34H37N5O9S2/c1-47-33-20-24(4-3-15-38-16-18-48-19-17-38)7-13-30(33)25-8-10-26(11-9-25)34(40)37-50(45,46)29-12-14-31(32(22-29)39(41)42)36-23-49(43,44)28-6-2-5-27(35)21-28/h2,5-14,20-22,36H,3-4,15-19,23,35H2,1H3,(H,37,40). The molecule has 1 fully saturated rings. The van der Waals surface area contributed by atoms with E-state index in [9.17, 15) is 31.7 Å². The van der Waals surface area contributed by atoms with Crippen molar-refractivity contribution in [2.45, 2.75) is 22.6 Å². The van der Waals surface area contributed by atoms with E-state index in [1.807, 2.05) is 22.9 Å². The van der Waals surface area contributed by atoms with Crippen molar-refractivity contribution in [3.63, 3.8) is 0 Å². The number of rotatable bonds is 14. The second kappa shape index (κ2) is 15.7. The number of methoxy groups -OCH3 is 1. The Morgan fingerprint density at radius 2 is 1.70 bits per heavy atom. The summed E-state index contributed by atoms with van der Waals surface area (Å²) >= 11 is 0. The minimum atomic E-state index is -4.56. The van der Waals surface area contributed by atoms with Crippen molar-refractivity contribution in [1.29, 1.82) is 0 Å². The molecule has 4 aromatic rings. The number of morpholine rings is 1. The fourth-order valence-electron chi connectivity index (χ4n) is 5.45. The van der Waals surface area contributed by atoms with E-state index in [1.165, 1.54) is 36.4 Å². The Morgan fingerprint density at radius 1 is 0.960 bits per heavy atom. The van der Waals surface area contributed by atoms with Gasteiger partial charge >= 0.3 is 0 Å². The van der Waals surface area contributed by atoms with E-state index in [0.29, 0.717) is 5.75 Å². The van der Waals surface area contributed by atoms with Gasteiger partial charge in [-0.1, -0.05) is 30.3 Å². The van der Waals surface area contributed by atoms with Crippen molar-refractivity contribution in [1.82, 2.24) is 9.62 Å². The Kier molecular flexibility index (Phi) is 11.4. The first kappa shape index (κ1) is 36.3. The first-order valence-corrected chi connectivity index (χ1v) is 18.7. The van der Waals surface area contributed by atoms with Crippen LogP contribution in [0.25, 0.3) is 11.1 Å². The molecule has 264 valence electrons. The molecule has 0 saturated carbocycles. The van der Waals surface area contributed by atoms with Crippen LogP contribution in [0.4, 0.5) is 17.1 Å². The summed E-state index contributed by atoms with van der Waals surface area (Å²) in [5.74, 6) is -1.01. The number of nitrogens with one attached hydrogen (secondary N) is 2. The highest BCUT2D eigenvalue weighted by Gasteiger charge is 2.25. The Labute approximate surface area is 290 Å².